The Hall–Kier alpha value is -4.45. The molecule has 0 spiro atoms. The summed E-state index contributed by atoms with van der Waals surface area (Å²) in [7, 11) is 1.44. The molecule has 0 aliphatic heterocycles. The lowest BCUT2D eigenvalue weighted by Gasteiger charge is -2.13. The predicted octanol–water partition coefficient (Wildman–Crippen LogP) is 4.98. The Morgan fingerprint density at radius 3 is 2.35 bits per heavy atom. The number of aromatic nitrogens is 1. The molecule has 9 nitrogen and oxygen atoms in total. The molecule has 0 N–H and O–H groups in total. The van der Waals surface area contributed by atoms with Crippen molar-refractivity contribution in [3.05, 3.63) is 91.3 Å². The minimum Gasteiger partial charge on any atom is -0.494 e. The Morgan fingerprint density at radius 1 is 1.06 bits per heavy atom. The van der Waals surface area contributed by atoms with Crippen LogP contribution in [-0.4, -0.2) is 21.5 Å². The zero-order valence-electron chi connectivity index (χ0n) is 17.0. The monoisotopic (exact) mass is 418 g/mol. The van der Waals surface area contributed by atoms with Crippen molar-refractivity contribution in [1.82, 2.24) is 4.57 Å². The second-order valence-corrected chi connectivity index (χ2v) is 6.75. The first-order valence-corrected chi connectivity index (χ1v) is 9.15. The maximum Gasteiger partial charge on any atom is 0.273 e. The molecule has 1 aromatic heterocycles. The van der Waals surface area contributed by atoms with Gasteiger partial charge in [0, 0.05) is 29.6 Å². The number of hydrogen-bond donors (Lipinski definition) is 0. The number of hydrogen-bond acceptors (Lipinski definition) is 6. The van der Waals surface area contributed by atoms with Gasteiger partial charge in [-0.1, -0.05) is 12.1 Å². The van der Waals surface area contributed by atoms with Gasteiger partial charge in [0.1, 0.15) is 5.75 Å². The van der Waals surface area contributed by atoms with Gasteiger partial charge in [0.05, 0.1) is 40.4 Å². The number of nitriles is 1. The van der Waals surface area contributed by atoms with Gasteiger partial charge in [-0.3, -0.25) is 20.2 Å². The predicted molar refractivity (Wildman–Crippen MR) is 115 cm³/mol. The van der Waals surface area contributed by atoms with Crippen molar-refractivity contribution in [1.29, 1.82) is 5.26 Å². The fourth-order valence-corrected chi connectivity index (χ4v) is 3.39. The maximum atomic E-state index is 11.1. The Labute approximate surface area is 177 Å². The molecule has 0 atom stereocenters. The van der Waals surface area contributed by atoms with Gasteiger partial charge in [-0.05, 0) is 43.2 Å². The smallest absolute Gasteiger partial charge is 0.273 e. The molecule has 0 saturated carbocycles. The molecule has 0 fully saturated rings. The van der Waals surface area contributed by atoms with Crippen LogP contribution in [0, 0.1) is 45.4 Å². The van der Waals surface area contributed by atoms with Crippen LogP contribution in [0.4, 0.5) is 11.4 Å². The van der Waals surface area contributed by atoms with Gasteiger partial charge in [-0.2, -0.15) is 5.26 Å². The van der Waals surface area contributed by atoms with E-state index in [9.17, 15) is 25.5 Å². The van der Waals surface area contributed by atoms with E-state index < -0.39 is 9.85 Å². The van der Waals surface area contributed by atoms with E-state index in [1.54, 1.807) is 18.2 Å². The molecule has 3 rings (SSSR count). The van der Waals surface area contributed by atoms with Crippen LogP contribution >= 0.6 is 0 Å². The number of nitro benzene ring substituents is 2. The van der Waals surface area contributed by atoms with Crippen LogP contribution in [0.25, 0.3) is 17.3 Å². The largest absolute Gasteiger partial charge is 0.494 e. The van der Waals surface area contributed by atoms with Crippen molar-refractivity contribution in [2.24, 2.45) is 0 Å². The van der Waals surface area contributed by atoms with E-state index in [2.05, 4.69) is 6.07 Å². The summed E-state index contributed by atoms with van der Waals surface area (Å²) in [6, 6.07) is 14.2. The molecule has 0 bridgehead atoms. The summed E-state index contributed by atoms with van der Waals surface area (Å²) in [5.41, 5.74) is 3.50. The highest BCUT2D eigenvalue weighted by Crippen LogP contribution is 2.32. The van der Waals surface area contributed by atoms with Crippen molar-refractivity contribution in [3.8, 4) is 17.5 Å². The molecule has 31 heavy (non-hydrogen) atoms. The highest BCUT2D eigenvalue weighted by atomic mass is 16.6. The van der Waals surface area contributed by atoms with E-state index in [4.69, 9.17) is 4.74 Å². The van der Waals surface area contributed by atoms with Crippen LogP contribution in [0.15, 0.2) is 48.5 Å². The first-order valence-electron chi connectivity index (χ1n) is 9.15. The molecular formula is C22H18N4O5. The topological polar surface area (TPSA) is 124 Å². The number of non-ortho nitro benzene ring substituents is 2. The van der Waals surface area contributed by atoms with Gasteiger partial charge in [-0.15, -0.1) is 0 Å². The third-order valence-corrected chi connectivity index (χ3v) is 4.87. The lowest BCUT2D eigenvalue weighted by Crippen LogP contribution is -2.03. The molecule has 9 heteroatoms. The molecule has 0 aliphatic carbocycles. The third kappa shape index (κ3) is 4.13. The van der Waals surface area contributed by atoms with Crippen molar-refractivity contribution >= 4 is 23.0 Å². The number of ether oxygens (including phenoxy) is 1. The van der Waals surface area contributed by atoms with Crippen molar-refractivity contribution in [2.45, 2.75) is 13.8 Å². The van der Waals surface area contributed by atoms with E-state index in [0.717, 1.165) is 17.0 Å². The standard InChI is InChI=1S/C22H18N4O5/c1-14-9-17(10-18(13-23)16-5-4-6-19(11-16)25(27)28)15(2)24(14)21-8-7-20(26(29)30)12-22(21)31-3/h4-12H,1-3H3/b18-10-. The second-order valence-electron chi connectivity index (χ2n) is 6.75. The first kappa shape index (κ1) is 21.3. The van der Waals surface area contributed by atoms with E-state index in [-0.39, 0.29) is 16.9 Å². The molecule has 3 aromatic rings. The molecule has 0 saturated heterocycles. The molecule has 0 radical (unpaired) electrons. The molecule has 0 unspecified atom stereocenters. The van der Waals surface area contributed by atoms with Crippen LogP contribution in [0.5, 0.6) is 5.75 Å². The number of nitro groups is 2. The van der Waals surface area contributed by atoms with Crippen LogP contribution in [0.1, 0.15) is 22.5 Å². The van der Waals surface area contributed by atoms with Gasteiger partial charge < -0.3 is 9.30 Å². The van der Waals surface area contributed by atoms with Gasteiger partial charge >= 0.3 is 0 Å². The summed E-state index contributed by atoms with van der Waals surface area (Å²) in [5.74, 6) is 0.339. The Balaban J connectivity index is 2.12. The summed E-state index contributed by atoms with van der Waals surface area (Å²) >= 11 is 0. The van der Waals surface area contributed by atoms with Gasteiger partial charge in [0.15, 0.2) is 0 Å². The molecule has 0 amide bonds. The summed E-state index contributed by atoms with van der Waals surface area (Å²) in [6.07, 6.45) is 1.66. The quantitative estimate of drug-likeness (QED) is 0.316. The Morgan fingerprint density at radius 2 is 1.74 bits per heavy atom. The van der Waals surface area contributed by atoms with Gasteiger partial charge in [0.25, 0.3) is 11.4 Å². The van der Waals surface area contributed by atoms with E-state index >= 15 is 0 Å². The fraction of sp³-hybridized carbons (Fsp3) is 0.136. The zero-order chi connectivity index (χ0) is 22.7. The fourth-order valence-electron chi connectivity index (χ4n) is 3.39. The van der Waals surface area contributed by atoms with E-state index in [0.29, 0.717) is 17.0 Å². The molecule has 156 valence electrons. The normalized spacial score (nSPS) is 11.1. The lowest BCUT2D eigenvalue weighted by molar-refractivity contribution is -0.385. The average Bonchev–Trinajstić information content (AvgIpc) is 3.04. The SMILES string of the molecule is COc1cc([N+](=O)[O-])ccc1-n1c(C)cc(/C=C(/C#N)c2cccc([N+](=O)[O-])c2)c1C. The molecule has 1 heterocycles. The minimum atomic E-state index is -0.509. The average molecular weight is 418 g/mol. The number of nitrogens with zero attached hydrogens (tertiary/aromatic N) is 4. The van der Waals surface area contributed by atoms with Crippen LogP contribution in [0.2, 0.25) is 0 Å². The second kappa shape index (κ2) is 8.51. The van der Waals surface area contributed by atoms with Crippen LogP contribution in [-0.2, 0) is 0 Å². The molecular weight excluding hydrogens is 400 g/mol. The van der Waals surface area contributed by atoms with Crippen LogP contribution < -0.4 is 4.74 Å². The Kier molecular flexibility index (Phi) is 5.83. The number of allylic oxidation sites excluding steroid dienone is 1. The number of benzene rings is 2. The van der Waals surface area contributed by atoms with E-state index in [1.165, 1.54) is 37.4 Å². The van der Waals surface area contributed by atoms with Crippen molar-refractivity contribution in [3.63, 3.8) is 0 Å². The van der Waals surface area contributed by atoms with Crippen molar-refractivity contribution in [2.75, 3.05) is 7.11 Å². The zero-order valence-corrected chi connectivity index (χ0v) is 17.0. The number of rotatable bonds is 6. The molecule has 0 aliphatic rings. The van der Waals surface area contributed by atoms with Crippen molar-refractivity contribution < 1.29 is 14.6 Å². The first-order chi connectivity index (χ1) is 14.8. The highest BCUT2D eigenvalue weighted by Gasteiger charge is 2.17. The highest BCUT2D eigenvalue weighted by molar-refractivity contribution is 5.90. The third-order valence-electron chi connectivity index (χ3n) is 4.87. The summed E-state index contributed by atoms with van der Waals surface area (Å²) in [4.78, 5) is 21.1. The van der Waals surface area contributed by atoms with Crippen LogP contribution in [0.3, 0.4) is 0 Å². The lowest BCUT2D eigenvalue weighted by atomic mass is 10.0. The molecule has 2 aromatic carbocycles. The summed E-state index contributed by atoms with van der Waals surface area (Å²) < 4.78 is 7.23. The van der Waals surface area contributed by atoms with Gasteiger partial charge in [-0.25, -0.2) is 0 Å². The number of aryl methyl sites for hydroxylation is 1. The Bertz CT molecular complexity index is 1270. The van der Waals surface area contributed by atoms with E-state index in [1.807, 2.05) is 24.5 Å². The minimum absolute atomic E-state index is 0.0828. The summed E-state index contributed by atoms with van der Waals surface area (Å²) in [5, 5.41) is 31.8. The summed E-state index contributed by atoms with van der Waals surface area (Å²) in [6.45, 7) is 3.72. The van der Waals surface area contributed by atoms with Gasteiger partial charge in [0.2, 0.25) is 0 Å². The number of methoxy groups -OCH3 is 1. The maximum absolute atomic E-state index is 11.1.